The number of nitrogens with one attached hydrogen (secondary N) is 1. The molecule has 1 saturated heterocycles. The smallest absolute Gasteiger partial charge is 0.269 e. The van der Waals surface area contributed by atoms with Crippen LogP contribution in [0.25, 0.3) is 0 Å². The van der Waals surface area contributed by atoms with Crippen LogP contribution < -0.4 is 5.32 Å². The largest absolute Gasteiger partial charge is 0.336 e. The van der Waals surface area contributed by atoms with Crippen LogP contribution in [-0.2, 0) is 4.79 Å². The minimum atomic E-state index is -0.474. The highest BCUT2D eigenvalue weighted by Gasteiger charge is 2.37. The first-order valence-electron chi connectivity index (χ1n) is 11.6. The van der Waals surface area contributed by atoms with Gasteiger partial charge < -0.3 is 10.2 Å². The first-order chi connectivity index (χ1) is 15.9. The minimum Gasteiger partial charge on any atom is -0.336 e. The van der Waals surface area contributed by atoms with Gasteiger partial charge in [-0.2, -0.15) is 0 Å². The molecule has 2 aromatic carbocycles. The van der Waals surface area contributed by atoms with Gasteiger partial charge in [-0.15, -0.1) is 0 Å². The first kappa shape index (κ1) is 22.9. The topological polar surface area (TPSA) is 95.8 Å². The minimum absolute atomic E-state index is 0.0286. The fraction of sp³-hybridized carbons (Fsp3) is 0.440. The lowest BCUT2D eigenvalue weighted by molar-refractivity contribution is -0.384. The second kappa shape index (κ2) is 10.1. The van der Waals surface area contributed by atoms with E-state index in [1.165, 1.54) is 24.3 Å². The number of piperazine rings is 1. The third-order valence-corrected chi connectivity index (χ3v) is 6.75. The molecule has 0 radical (unpaired) electrons. The Morgan fingerprint density at radius 2 is 1.58 bits per heavy atom. The second-order valence-electron chi connectivity index (χ2n) is 8.98. The summed E-state index contributed by atoms with van der Waals surface area (Å²) in [7, 11) is 0. The number of amides is 2. The average molecular weight is 451 g/mol. The number of carbonyl (C=O) groups excluding carboxylic acids is 2. The van der Waals surface area contributed by atoms with E-state index in [2.05, 4.69) is 10.2 Å². The molecule has 2 aromatic rings. The monoisotopic (exact) mass is 450 g/mol. The zero-order chi connectivity index (χ0) is 23.4. The van der Waals surface area contributed by atoms with Gasteiger partial charge in [-0.05, 0) is 49.9 Å². The third kappa shape index (κ3) is 5.39. The van der Waals surface area contributed by atoms with Crippen LogP contribution in [-0.4, -0.2) is 58.8 Å². The molecule has 0 aromatic heterocycles. The van der Waals surface area contributed by atoms with Crippen molar-refractivity contribution in [2.75, 3.05) is 31.5 Å². The number of nitro benzene ring substituents is 1. The Kier molecular flexibility index (Phi) is 7.03. The molecule has 1 N–H and O–H groups in total. The molecular formula is C25H30N4O4. The molecule has 0 bridgehead atoms. The number of hydrogen-bond donors (Lipinski definition) is 1. The van der Waals surface area contributed by atoms with Gasteiger partial charge >= 0.3 is 0 Å². The molecule has 2 aliphatic rings. The number of anilines is 1. The predicted molar refractivity (Wildman–Crippen MR) is 126 cm³/mol. The number of nitro groups is 1. The molecule has 1 aliphatic carbocycles. The SMILES string of the molecule is Cc1ccc(NC(=O)[C@H](C2CCCC2)N2CCN(C(=O)c3ccc([N+](=O)[O-])cc3)CC2)cc1. The van der Waals surface area contributed by atoms with Gasteiger partial charge in [0.2, 0.25) is 5.91 Å². The highest BCUT2D eigenvalue weighted by molar-refractivity contribution is 5.95. The van der Waals surface area contributed by atoms with Gasteiger partial charge in [0.25, 0.3) is 11.6 Å². The number of aryl methyl sites for hydroxylation is 1. The molecule has 1 heterocycles. The zero-order valence-electron chi connectivity index (χ0n) is 18.9. The normalized spacial score (nSPS) is 18.2. The molecule has 33 heavy (non-hydrogen) atoms. The zero-order valence-corrected chi connectivity index (χ0v) is 18.9. The van der Waals surface area contributed by atoms with Crippen LogP contribution in [0.1, 0.15) is 41.6 Å². The lowest BCUT2D eigenvalue weighted by atomic mass is 9.94. The van der Waals surface area contributed by atoms with Gasteiger partial charge in [-0.1, -0.05) is 30.5 Å². The summed E-state index contributed by atoms with van der Waals surface area (Å²) < 4.78 is 0. The quantitative estimate of drug-likeness (QED) is 0.533. The van der Waals surface area contributed by atoms with Crippen molar-refractivity contribution in [2.24, 2.45) is 5.92 Å². The molecule has 1 saturated carbocycles. The van der Waals surface area contributed by atoms with E-state index in [9.17, 15) is 19.7 Å². The molecule has 0 unspecified atom stereocenters. The molecule has 8 nitrogen and oxygen atoms in total. The number of benzene rings is 2. The van der Waals surface area contributed by atoms with Crippen LogP contribution in [0, 0.1) is 23.0 Å². The van der Waals surface area contributed by atoms with Gasteiger partial charge in [0.1, 0.15) is 0 Å². The van der Waals surface area contributed by atoms with E-state index < -0.39 is 4.92 Å². The number of nitrogens with zero attached hydrogens (tertiary/aromatic N) is 3. The summed E-state index contributed by atoms with van der Waals surface area (Å²) in [4.78, 5) is 40.6. The highest BCUT2D eigenvalue weighted by atomic mass is 16.6. The molecule has 8 heteroatoms. The molecule has 1 atom stereocenters. The fourth-order valence-corrected chi connectivity index (χ4v) is 4.92. The summed E-state index contributed by atoms with van der Waals surface area (Å²) in [5.74, 6) is 0.222. The number of rotatable bonds is 6. The van der Waals surface area contributed by atoms with Crippen molar-refractivity contribution in [1.29, 1.82) is 0 Å². The summed E-state index contributed by atoms with van der Waals surface area (Å²) in [6, 6.07) is 13.4. The van der Waals surface area contributed by atoms with E-state index in [1.54, 1.807) is 4.90 Å². The maximum Gasteiger partial charge on any atom is 0.269 e. The lowest BCUT2D eigenvalue weighted by Gasteiger charge is -2.40. The van der Waals surface area contributed by atoms with Crippen LogP contribution in [0.5, 0.6) is 0 Å². The molecule has 2 fully saturated rings. The fourth-order valence-electron chi connectivity index (χ4n) is 4.92. The van der Waals surface area contributed by atoms with E-state index in [0.29, 0.717) is 37.7 Å². The Morgan fingerprint density at radius 1 is 0.970 bits per heavy atom. The highest BCUT2D eigenvalue weighted by Crippen LogP contribution is 2.32. The maximum absolute atomic E-state index is 13.3. The second-order valence-corrected chi connectivity index (χ2v) is 8.98. The molecule has 0 spiro atoms. The number of non-ortho nitro benzene ring substituents is 1. The number of hydrogen-bond acceptors (Lipinski definition) is 5. The predicted octanol–water partition coefficient (Wildman–Crippen LogP) is 3.86. The van der Waals surface area contributed by atoms with E-state index in [0.717, 1.165) is 36.9 Å². The summed E-state index contributed by atoms with van der Waals surface area (Å²) in [5, 5.41) is 14.0. The van der Waals surface area contributed by atoms with E-state index >= 15 is 0 Å². The summed E-state index contributed by atoms with van der Waals surface area (Å²) in [6.07, 6.45) is 4.40. The van der Waals surface area contributed by atoms with Gasteiger partial charge in [-0.25, -0.2) is 0 Å². The maximum atomic E-state index is 13.3. The Morgan fingerprint density at radius 3 is 2.15 bits per heavy atom. The standard InChI is InChI=1S/C25H30N4O4/c1-18-6-10-21(11-7-18)26-24(30)23(19-4-2-3-5-19)27-14-16-28(17-15-27)25(31)20-8-12-22(13-9-20)29(32)33/h6-13,19,23H,2-5,14-17H2,1H3,(H,26,30)/t23-/m0/s1. The van der Waals surface area contributed by atoms with Crippen molar-refractivity contribution in [3.63, 3.8) is 0 Å². The van der Waals surface area contributed by atoms with Gasteiger partial charge in [0, 0.05) is 49.6 Å². The Hall–Kier alpha value is -3.26. The van der Waals surface area contributed by atoms with E-state index in [4.69, 9.17) is 0 Å². The molecule has 4 rings (SSSR count). The number of carbonyl (C=O) groups is 2. The summed E-state index contributed by atoms with van der Waals surface area (Å²) in [6.45, 7) is 4.32. The molecular weight excluding hydrogens is 420 g/mol. The molecule has 174 valence electrons. The van der Waals surface area contributed by atoms with Crippen molar-refractivity contribution in [2.45, 2.75) is 38.6 Å². The summed E-state index contributed by atoms with van der Waals surface area (Å²) >= 11 is 0. The first-order valence-corrected chi connectivity index (χ1v) is 11.6. The van der Waals surface area contributed by atoms with Crippen LogP contribution in [0.2, 0.25) is 0 Å². The Balaban J connectivity index is 1.41. The van der Waals surface area contributed by atoms with Crippen molar-refractivity contribution < 1.29 is 14.5 Å². The van der Waals surface area contributed by atoms with Gasteiger partial charge in [-0.3, -0.25) is 24.6 Å². The van der Waals surface area contributed by atoms with Crippen LogP contribution in [0.4, 0.5) is 11.4 Å². The van der Waals surface area contributed by atoms with Crippen LogP contribution in [0.3, 0.4) is 0 Å². The van der Waals surface area contributed by atoms with Crippen molar-refractivity contribution in [3.05, 3.63) is 69.8 Å². The van der Waals surface area contributed by atoms with Crippen molar-refractivity contribution in [3.8, 4) is 0 Å². The van der Waals surface area contributed by atoms with Gasteiger partial charge in [0.05, 0.1) is 11.0 Å². The molecule has 1 aliphatic heterocycles. The van der Waals surface area contributed by atoms with Crippen LogP contribution >= 0.6 is 0 Å². The van der Waals surface area contributed by atoms with Crippen LogP contribution in [0.15, 0.2) is 48.5 Å². The van der Waals surface area contributed by atoms with E-state index in [-0.39, 0.29) is 23.5 Å². The summed E-state index contributed by atoms with van der Waals surface area (Å²) in [5.41, 5.74) is 2.36. The Labute approximate surface area is 193 Å². The third-order valence-electron chi connectivity index (χ3n) is 6.75. The van der Waals surface area contributed by atoms with E-state index in [1.807, 2.05) is 31.2 Å². The Bertz CT molecular complexity index is 992. The molecule has 2 amide bonds. The van der Waals surface area contributed by atoms with Crippen molar-refractivity contribution in [1.82, 2.24) is 9.80 Å². The average Bonchev–Trinajstić information content (AvgIpc) is 3.35. The lowest BCUT2D eigenvalue weighted by Crippen LogP contribution is -2.56. The van der Waals surface area contributed by atoms with Crippen molar-refractivity contribution >= 4 is 23.2 Å². The van der Waals surface area contributed by atoms with Gasteiger partial charge in [0.15, 0.2) is 0 Å².